The van der Waals surface area contributed by atoms with Gasteiger partial charge in [0.2, 0.25) is 0 Å². The number of nitrogens with zero attached hydrogens (tertiary/aromatic N) is 1. The lowest BCUT2D eigenvalue weighted by atomic mass is 10.3. The highest BCUT2D eigenvalue weighted by Crippen LogP contribution is 2.17. The monoisotopic (exact) mass is 243 g/mol. The molecule has 1 amide bonds. The molecule has 16 heavy (non-hydrogen) atoms. The molecule has 88 valence electrons. The molecule has 0 spiro atoms. The Bertz CT molecular complexity index is 353. The molecule has 5 heteroatoms. The van der Waals surface area contributed by atoms with Gasteiger partial charge < -0.3 is 4.74 Å². The van der Waals surface area contributed by atoms with E-state index in [4.69, 9.17) is 21.2 Å². The summed E-state index contributed by atoms with van der Waals surface area (Å²) in [5, 5.41) is 1.75. The van der Waals surface area contributed by atoms with Crippen LogP contribution in [0.5, 0.6) is 5.75 Å². The average molecular weight is 244 g/mol. The molecule has 0 saturated heterocycles. The summed E-state index contributed by atoms with van der Waals surface area (Å²) in [5.74, 6) is 0.340. The van der Waals surface area contributed by atoms with Crippen LogP contribution >= 0.6 is 11.6 Å². The van der Waals surface area contributed by atoms with E-state index in [1.54, 1.807) is 31.2 Å². The molecule has 0 saturated carbocycles. The Hall–Kier alpha value is -1.26. The van der Waals surface area contributed by atoms with Crippen molar-refractivity contribution in [3.8, 4) is 5.75 Å². The predicted octanol–water partition coefficient (Wildman–Crippen LogP) is 2.13. The highest BCUT2D eigenvalue weighted by molar-refractivity contribution is 6.30. The number of halogens is 1. The number of amides is 1. The summed E-state index contributed by atoms with van der Waals surface area (Å²) in [6.07, 6.45) is -0.605. The van der Waals surface area contributed by atoms with Gasteiger partial charge >= 0.3 is 0 Å². The zero-order valence-corrected chi connectivity index (χ0v) is 10.2. The van der Waals surface area contributed by atoms with Crippen molar-refractivity contribution >= 4 is 17.5 Å². The number of carbonyl (C=O) groups is 1. The van der Waals surface area contributed by atoms with Crippen molar-refractivity contribution < 1.29 is 14.4 Å². The van der Waals surface area contributed by atoms with E-state index in [2.05, 4.69) is 0 Å². The highest BCUT2D eigenvalue weighted by Gasteiger charge is 2.18. The second kappa shape index (κ2) is 5.72. The first-order chi connectivity index (χ1) is 7.54. The van der Waals surface area contributed by atoms with Crippen LogP contribution in [0.15, 0.2) is 24.3 Å². The number of hydrogen-bond acceptors (Lipinski definition) is 3. The smallest absolute Gasteiger partial charge is 0.286 e. The Morgan fingerprint density at radius 1 is 1.38 bits per heavy atom. The predicted molar refractivity (Wildman–Crippen MR) is 61.3 cm³/mol. The van der Waals surface area contributed by atoms with Gasteiger partial charge in [0.05, 0.1) is 7.11 Å². The van der Waals surface area contributed by atoms with Crippen LogP contribution in [0.4, 0.5) is 0 Å². The fraction of sp³-hybridized carbons (Fsp3) is 0.364. The number of rotatable bonds is 4. The van der Waals surface area contributed by atoms with Crippen LogP contribution in [0.2, 0.25) is 5.02 Å². The van der Waals surface area contributed by atoms with Crippen molar-refractivity contribution in [2.75, 3.05) is 14.2 Å². The Morgan fingerprint density at radius 2 is 1.94 bits per heavy atom. The van der Waals surface area contributed by atoms with Gasteiger partial charge in [0.25, 0.3) is 5.91 Å². The summed E-state index contributed by atoms with van der Waals surface area (Å²) in [4.78, 5) is 16.4. The molecule has 0 aliphatic carbocycles. The topological polar surface area (TPSA) is 38.8 Å². The lowest BCUT2D eigenvalue weighted by Gasteiger charge is -2.19. The molecule has 0 aromatic heterocycles. The van der Waals surface area contributed by atoms with E-state index in [1.807, 2.05) is 0 Å². The van der Waals surface area contributed by atoms with Gasteiger partial charge in [0, 0.05) is 12.1 Å². The van der Waals surface area contributed by atoms with E-state index in [0.29, 0.717) is 10.8 Å². The standard InChI is InChI=1S/C11H14ClNO3/c1-8(11(14)13(2)15-3)16-10-6-4-9(12)5-7-10/h4-8H,1-3H3. The fourth-order valence-electron chi connectivity index (χ4n) is 1.11. The molecule has 1 rings (SSSR count). The zero-order chi connectivity index (χ0) is 12.1. The van der Waals surface area contributed by atoms with E-state index >= 15 is 0 Å². The summed E-state index contributed by atoms with van der Waals surface area (Å²) in [6, 6.07) is 6.82. The van der Waals surface area contributed by atoms with Crippen molar-refractivity contribution in [2.24, 2.45) is 0 Å². The van der Waals surface area contributed by atoms with Gasteiger partial charge in [-0.3, -0.25) is 9.63 Å². The summed E-state index contributed by atoms with van der Waals surface area (Å²) in [6.45, 7) is 1.66. The molecule has 0 N–H and O–H groups in total. The first-order valence-corrected chi connectivity index (χ1v) is 5.16. The van der Waals surface area contributed by atoms with Crippen LogP contribution in [-0.2, 0) is 9.63 Å². The van der Waals surface area contributed by atoms with Gasteiger partial charge in [-0.1, -0.05) is 11.6 Å². The van der Waals surface area contributed by atoms with Gasteiger partial charge in [-0.2, -0.15) is 0 Å². The average Bonchev–Trinajstić information content (AvgIpc) is 2.30. The van der Waals surface area contributed by atoms with Crippen molar-refractivity contribution in [1.82, 2.24) is 5.06 Å². The van der Waals surface area contributed by atoms with Gasteiger partial charge in [-0.05, 0) is 31.2 Å². The second-order valence-corrected chi connectivity index (χ2v) is 3.67. The summed E-state index contributed by atoms with van der Waals surface area (Å²) in [5.41, 5.74) is 0. The van der Waals surface area contributed by atoms with Crippen LogP contribution in [-0.4, -0.2) is 31.2 Å². The number of benzene rings is 1. The van der Waals surface area contributed by atoms with Crippen LogP contribution in [0.25, 0.3) is 0 Å². The third-order valence-corrected chi connectivity index (χ3v) is 2.31. The first kappa shape index (κ1) is 12.8. The lowest BCUT2D eigenvalue weighted by Crippen LogP contribution is -2.37. The molecule has 1 atom stereocenters. The van der Waals surface area contributed by atoms with Crippen LogP contribution < -0.4 is 4.74 Å². The van der Waals surface area contributed by atoms with Crippen molar-refractivity contribution in [2.45, 2.75) is 13.0 Å². The second-order valence-electron chi connectivity index (χ2n) is 3.23. The molecule has 0 fully saturated rings. The molecule has 4 nitrogen and oxygen atoms in total. The number of hydroxylamine groups is 2. The largest absolute Gasteiger partial charge is 0.481 e. The van der Waals surface area contributed by atoms with Crippen LogP contribution in [0.1, 0.15) is 6.92 Å². The van der Waals surface area contributed by atoms with E-state index in [1.165, 1.54) is 14.2 Å². The SMILES string of the molecule is CON(C)C(=O)C(C)Oc1ccc(Cl)cc1. The molecular weight excluding hydrogens is 230 g/mol. The Balaban J connectivity index is 2.60. The number of hydrogen-bond donors (Lipinski definition) is 0. The maximum Gasteiger partial charge on any atom is 0.286 e. The normalized spacial score (nSPS) is 12.0. The van der Waals surface area contributed by atoms with E-state index in [9.17, 15) is 4.79 Å². The quantitative estimate of drug-likeness (QED) is 0.761. The number of ether oxygens (including phenoxy) is 1. The minimum Gasteiger partial charge on any atom is -0.481 e. The van der Waals surface area contributed by atoms with E-state index in [-0.39, 0.29) is 5.91 Å². The fourth-order valence-corrected chi connectivity index (χ4v) is 1.24. The third-order valence-electron chi connectivity index (χ3n) is 2.06. The minimum absolute atomic E-state index is 0.252. The summed E-state index contributed by atoms with van der Waals surface area (Å²) in [7, 11) is 2.96. The summed E-state index contributed by atoms with van der Waals surface area (Å²) >= 11 is 5.73. The Kier molecular flexibility index (Phi) is 4.58. The van der Waals surface area contributed by atoms with E-state index in [0.717, 1.165) is 5.06 Å². The van der Waals surface area contributed by atoms with E-state index < -0.39 is 6.10 Å². The number of carbonyl (C=O) groups excluding carboxylic acids is 1. The maximum absolute atomic E-state index is 11.6. The first-order valence-electron chi connectivity index (χ1n) is 4.78. The van der Waals surface area contributed by atoms with Crippen molar-refractivity contribution in [3.05, 3.63) is 29.3 Å². The molecular formula is C11H14ClNO3. The molecule has 1 aromatic rings. The lowest BCUT2D eigenvalue weighted by molar-refractivity contribution is -0.175. The Morgan fingerprint density at radius 3 is 2.44 bits per heavy atom. The molecule has 0 aliphatic heterocycles. The van der Waals surface area contributed by atoms with Gasteiger partial charge in [0.1, 0.15) is 5.75 Å². The maximum atomic E-state index is 11.6. The van der Waals surface area contributed by atoms with Crippen molar-refractivity contribution in [3.63, 3.8) is 0 Å². The van der Waals surface area contributed by atoms with Crippen molar-refractivity contribution in [1.29, 1.82) is 0 Å². The molecule has 1 aromatic carbocycles. The van der Waals surface area contributed by atoms with Crippen LogP contribution in [0, 0.1) is 0 Å². The third kappa shape index (κ3) is 3.40. The zero-order valence-electron chi connectivity index (χ0n) is 9.44. The molecule has 0 radical (unpaired) electrons. The van der Waals surface area contributed by atoms with Gasteiger partial charge in [0.15, 0.2) is 6.10 Å². The molecule has 0 aliphatic rings. The van der Waals surface area contributed by atoms with Gasteiger partial charge in [-0.15, -0.1) is 0 Å². The molecule has 0 bridgehead atoms. The molecule has 0 heterocycles. The Labute approximate surface area is 99.7 Å². The van der Waals surface area contributed by atoms with Crippen LogP contribution in [0.3, 0.4) is 0 Å². The number of likely N-dealkylation sites (N-methyl/N-ethyl adjacent to an activating group) is 1. The minimum atomic E-state index is -0.605. The van der Waals surface area contributed by atoms with Gasteiger partial charge in [-0.25, -0.2) is 5.06 Å². The summed E-state index contributed by atoms with van der Waals surface area (Å²) < 4.78 is 5.42. The highest BCUT2D eigenvalue weighted by atomic mass is 35.5. The molecule has 1 unspecified atom stereocenters.